The summed E-state index contributed by atoms with van der Waals surface area (Å²) in [5, 5.41) is 12.0. The number of nitro benzene ring substituents is 1. The summed E-state index contributed by atoms with van der Waals surface area (Å²) >= 11 is 3.34. The Labute approximate surface area is 132 Å². The maximum Gasteiger partial charge on any atom is 0.293 e. The van der Waals surface area contributed by atoms with Crippen molar-refractivity contribution in [3.63, 3.8) is 0 Å². The van der Waals surface area contributed by atoms with Crippen molar-refractivity contribution in [3.05, 3.63) is 63.7 Å². The molecular weight excluding hydrogens is 332 g/mol. The van der Waals surface area contributed by atoms with Crippen molar-refractivity contribution in [1.82, 2.24) is 0 Å². The van der Waals surface area contributed by atoms with Crippen molar-refractivity contribution in [3.8, 4) is 0 Å². The zero-order chi connectivity index (χ0) is 15.4. The van der Waals surface area contributed by atoms with Crippen molar-refractivity contribution in [2.24, 2.45) is 0 Å². The van der Waals surface area contributed by atoms with E-state index in [9.17, 15) is 10.1 Å². The number of halogens is 1. The molecule has 5 heteroatoms. The van der Waals surface area contributed by atoms with Gasteiger partial charge in [0.2, 0.25) is 0 Å². The highest BCUT2D eigenvalue weighted by atomic mass is 79.9. The third kappa shape index (κ3) is 3.42. The Morgan fingerprint density at radius 1 is 1.19 bits per heavy atom. The van der Waals surface area contributed by atoms with Crippen LogP contribution in [0.1, 0.15) is 18.1 Å². The Hall–Kier alpha value is -1.88. The molecule has 0 radical (unpaired) electrons. The molecule has 21 heavy (non-hydrogen) atoms. The summed E-state index contributed by atoms with van der Waals surface area (Å²) in [7, 11) is 0. The Morgan fingerprint density at radius 2 is 1.86 bits per heavy atom. The van der Waals surface area contributed by atoms with Gasteiger partial charge in [-0.2, -0.15) is 0 Å². The number of aryl methyl sites for hydroxylation is 1. The predicted molar refractivity (Wildman–Crippen MR) is 89.6 cm³/mol. The van der Waals surface area contributed by atoms with E-state index >= 15 is 0 Å². The highest BCUT2D eigenvalue weighted by molar-refractivity contribution is 9.08. The van der Waals surface area contributed by atoms with Crippen molar-refractivity contribution < 1.29 is 4.92 Å². The van der Waals surface area contributed by atoms with Gasteiger partial charge in [-0.3, -0.25) is 10.1 Å². The lowest BCUT2D eigenvalue weighted by molar-refractivity contribution is -0.384. The molecule has 0 aliphatic heterocycles. The molecule has 4 nitrogen and oxygen atoms in total. The monoisotopic (exact) mass is 348 g/mol. The zero-order valence-electron chi connectivity index (χ0n) is 12.0. The van der Waals surface area contributed by atoms with Crippen LogP contribution < -0.4 is 4.90 Å². The molecule has 0 amide bonds. The lowest BCUT2D eigenvalue weighted by Gasteiger charge is -2.23. The van der Waals surface area contributed by atoms with E-state index in [0.29, 0.717) is 17.6 Å². The van der Waals surface area contributed by atoms with Gasteiger partial charge in [-0.15, -0.1) is 0 Å². The quantitative estimate of drug-likeness (QED) is 0.436. The van der Waals surface area contributed by atoms with Gasteiger partial charge in [-0.25, -0.2) is 0 Å². The molecule has 2 rings (SSSR count). The van der Waals surface area contributed by atoms with E-state index < -0.39 is 0 Å². The Balaban J connectivity index is 2.51. The van der Waals surface area contributed by atoms with Crippen molar-refractivity contribution in [2.75, 3.05) is 11.4 Å². The molecule has 0 aliphatic rings. The first-order valence-corrected chi connectivity index (χ1v) is 7.86. The number of alkyl halides is 1. The molecule has 0 saturated carbocycles. The first-order chi connectivity index (χ1) is 10.1. The highest BCUT2D eigenvalue weighted by Gasteiger charge is 2.20. The fourth-order valence-electron chi connectivity index (χ4n) is 2.24. The van der Waals surface area contributed by atoms with Crippen LogP contribution in [-0.2, 0) is 5.33 Å². The summed E-state index contributed by atoms with van der Waals surface area (Å²) in [6.07, 6.45) is 0. The van der Waals surface area contributed by atoms with Crippen molar-refractivity contribution in [2.45, 2.75) is 19.2 Å². The van der Waals surface area contributed by atoms with Crippen LogP contribution in [0.25, 0.3) is 0 Å². The molecule has 0 aliphatic carbocycles. The van der Waals surface area contributed by atoms with Gasteiger partial charge in [0.05, 0.1) is 4.92 Å². The van der Waals surface area contributed by atoms with Gasteiger partial charge in [0.25, 0.3) is 5.69 Å². The summed E-state index contributed by atoms with van der Waals surface area (Å²) in [5.41, 5.74) is 3.77. The number of nitrogens with zero attached hydrogens (tertiary/aromatic N) is 2. The van der Waals surface area contributed by atoms with Crippen molar-refractivity contribution in [1.29, 1.82) is 0 Å². The number of hydrogen-bond donors (Lipinski definition) is 0. The second-order valence-electron chi connectivity index (χ2n) is 4.79. The fourth-order valence-corrected chi connectivity index (χ4v) is 2.59. The van der Waals surface area contributed by atoms with E-state index in [-0.39, 0.29) is 10.6 Å². The van der Waals surface area contributed by atoms with E-state index in [2.05, 4.69) is 15.9 Å². The van der Waals surface area contributed by atoms with Gasteiger partial charge < -0.3 is 4.90 Å². The molecule has 0 unspecified atom stereocenters. The minimum absolute atomic E-state index is 0.134. The molecule has 0 bridgehead atoms. The highest BCUT2D eigenvalue weighted by Crippen LogP contribution is 2.34. The van der Waals surface area contributed by atoms with E-state index in [0.717, 1.165) is 11.3 Å². The van der Waals surface area contributed by atoms with Crippen LogP contribution in [0.15, 0.2) is 42.5 Å². The molecule has 0 spiro atoms. The lowest BCUT2D eigenvalue weighted by Crippen LogP contribution is -2.17. The first kappa shape index (κ1) is 15.5. The molecule has 0 aromatic heterocycles. The normalized spacial score (nSPS) is 10.4. The van der Waals surface area contributed by atoms with Crippen LogP contribution in [0.2, 0.25) is 0 Å². The molecular formula is C16H17BrN2O2. The number of hydrogen-bond acceptors (Lipinski definition) is 3. The van der Waals surface area contributed by atoms with Gasteiger partial charge in [0.1, 0.15) is 5.69 Å². The molecule has 0 fully saturated rings. The van der Waals surface area contributed by atoms with Crippen LogP contribution in [-0.4, -0.2) is 11.5 Å². The van der Waals surface area contributed by atoms with Crippen LogP contribution in [0.5, 0.6) is 0 Å². The van der Waals surface area contributed by atoms with E-state index in [1.807, 2.05) is 55.1 Å². The van der Waals surface area contributed by atoms with Gasteiger partial charge in [-0.05, 0) is 37.6 Å². The molecule has 0 heterocycles. The molecule has 2 aromatic carbocycles. The maximum atomic E-state index is 11.4. The number of rotatable bonds is 5. The third-order valence-corrected chi connectivity index (χ3v) is 3.99. The fraction of sp³-hybridized carbons (Fsp3) is 0.250. The van der Waals surface area contributed by atoms with E-state index in [4.69, 9.17) is 0 Å². The minimum Gasteiger partial charge on any atom is -0.336 e. The summed E-state index contributed by atoms with van der Waals surface area (Å²) in [6.45, 7) is 4.67. The summed E-state index contributed by atoms with van der Waals surface area (Å²) in [6, 6.07) is 13.3. The maximum absolute atomic E-state index is 11.4. The topological polar surface area (TPSA) is 46.4 Å². The largest absolute Gasteiger partial charge is 0.336 e. The van der Waals surface area contributed by atoms with Crippen LogP contribution in [0.4, 0.5) is 17.1 Å². The van der Waals surface area contributed by atoms with Gasteiger partial charge in [0, 0.05) is 23.6 Å². The zero-order valence-corrected chi connectivity index (χ0v) is 13.6. The minimum atomic E-state index is -0.321. The molecule has 110 valence electrons. The molecule has 0 saturated heterocycles. The summed E-state index contributed by atoms with van der Waals surface area (Å²) in [5.74, 6) is 0. The second kappa shape index (κ2) is 6.72. The van der Waals surface area contributed by atoms with E-state index in [1.54, 1.807) is 6.07 Å². The SMILES string of the molecule is CCN(c1ccc(C)cc1)c1ccc(CBr)cc1[N+](=O)[O-]. The van der Waals surface area contributed by atoms with Crippen LogP contribution in [0.3, 0.4) is 0 Å². The van der Waals surface area contributed by atoms with Crippen molar-refractivity contribution >= 4 is 33.0 Å². The standard InChI is InChI=1S/C16H17BrN2O2/c1-3-18(14-7-4-12(2)5-8-14)15-9-6-13(11-17)10-16(15)19(20)21/h4-10H,3,11H2,1-2H3. The van der Waals surface area contributed by atoms with Gasteiger partial charge >= 0.3 is 0 Å². The molecule has 0 atom stereocenters. The van der Waals surface area contributed by atoms with Gasteiger partial charge in [-0.1, -0.05) is 39.7 Å². The summed E-state index contributed by atoms with van der Waals surface area (Å²) in [4.78, 5) is 13.0. The average Bonchev–Trinajstić information content (AvgIpc) is 2.50. The van der Waals surface area contributed by atoms with Gasteiger partial charge in [0.15, 0.2) is 0 Å². The number of nitro groups is 1. The van der Waals surface area contributed by atoms with Crippen LogP contribution in [0, 0.1) is 17.0 Å². The van der Waals surface area contributed by atoms with E-state index in [1.165, 1.54) is 5.56 Å². The lowest BCUT2D eigenvalue weighted by atomic mass is 10.1. The Kier molecular flexibility index (Phi) is 4.96. The second-order valence-corrected chi connectivity index (χ2v) is 5.35. The number of benzene rings is 2. The smallest absolute Gasteiger partial charge is 0.293 e. The Bertz CT molecular complexity index is 641. The molecule has 2 aromatic rings. The molecule has 0 N–H and O–H groups in total. The van der Waals surface area contributed by atoms with Crippen LogP contribution >= 0.6 is 15.9 Å². The first-order valence-electron chi connectivity index (χ1n) is 6.74. The predicted octanol–water partition coefficient (Wildman–Crippen LogP) is 4.96. The average molecular weight is 349 g/mol. The summed E-state index contributed by atoms with van der Waals surface area (Å²) < 4.78 is 0. The number of anilines is 2. The Morgan fingerprint density at radius 3 is 2.38 bits per heavy atom. The third-order valence-electron chi connectivity index (χ3n) is 3.34.